The van der Waals surface area contributed by atoms with Crippen molar-refractivity contribution < 1.29 is 48.7 Å². The number of rotatable bonds is 9. The molecular formula is C22H20O10. The van der Waals surface area contributed by atoms with Gasteiger partial charge >= 0.3 is 17.9 Å². The Morgan fingerprint density at radius 1 is 0.750 bits per heavy atom. The molecule has 0 heterocycles. The molecule has 0 saturated carbocycles. The van der Waals surface area contributed by atoms with Crippen LogP contribution < -0.4 is 9.47 Å². The molecular weight excluding hydrogens is 424 g/mol. The van der Waals surface area contributed by atoms with E-state index in [0.29, 0.717) is 17.6 Å². The molecule has 0 bridgehead atoms. The van der Waals surface area contributed by atoms with Crippen LogP contribution in [-0.4, -0.2) is 39.7 Å². The maximum Gasteiger partial charge on any atom is 0.375 e. The molecule has 2 aromatic rings. The summed E-state index contributed by atoms with van der Waals surface area (Å²) in [5.74, 6) is -4.48. The Labute approximate surface area is 182 Å². The van der Waals surface area contributed by atoms with Gasteiger partial charge in [-0.2, -0.15) is 0 Å². The van der Waals surface area contributed by atoms with Crippen LogP contribution in [0.3, 0.4) is 0 Å². The molecule has 10 heteroatoms. The Hall–Kier alpha value is -4.60. The van der Waals surface area contributed by atoms with E-state index in [0.717, 1.165) is 17.4 Å². The highest BCUT2D eigenvalue weighted by Gasteiger charge is 2.13. The van der Waals surface area contributed by atoms with Gasteiger partial charge in [-0.3, -0.25) is 4.79 Å². The SMILES string of the molecule is Cc1ccccc1O/C(=C/C(=O)O)C(=O)O.Cc1ccccc1O/C(=C\OC=O)C(=O)O. The zero-order valence-electron chi connectivity index (χ0n) is 17.1. The fraction of sp³-hybridized carbons (Fsp3) is 0.0909. The Kier molecular flexibility index (Phi) is 10.2. The molecule has 0 aliphatic rings. The Morgan fingerprint density at radius 2 is 1.19 bits per heavy atom. The van der Waals surface area contributed by atoms with Crippen LogP contribution in [0.5, 0.6) is 11.5 Å². The van der Waals surface area contributed by atoms with Crippen LogP contribution in [0.15, 0.2) is 72.4 Å². The van der Waals surface area contributed by atoms with Gasteiger partial charge in [0.25, 0.3) is 6.47 Å². The van der Waals surface area contributed by atoms with E-state index in [1.165, 1.54) is 0 Å². The summed E-state index contributed by atoms with van der Waals surface area (Å²) in [6, 6.07) is 13.6. The number of aliphatic carboxylic acids is 3. The molecule has 0 unspecified atom stereocenters. The van der Waals surface area contributed by atoms with Crippen LogP contribution in [0.25, 0.3) is 0 Å². The van der Waals surface area contributed by atoms with Crippen molar-refractivity contribution in [2.45, 2.75) is 13.8 Å². The second kappa shape index (κ2) is 12.9. The van der Waals surface area contributed by atoms with Gasteiger partial charge in [0, 0.05) is 0 Å². The average molecular weight is 444 g/mol. The van der Waals surface area contributed by atoms with Gasteiger partial charge in [0.2, 0.25) is 11.5 Å². The lowest BCUT2D eigenvalue weighted by Gasteiger charge is -2.07. The minimum absolute atomic E-state index is 0.115. The minimum Gasteiger partial charge on any atom is -0.478 e. The lowest BCUT2D eigenvalue weighted by Crippen LogP contribution is -2.10. The average Bonchev–Trinajstić information content (AvgIpc) is 2.73. The fourth-order valence-electron chi connectivity index (χ4n) is 2.03. The first-order valence-corrected chi connectivity index (χ1v) is 8.83. The molecule has 3 N–H and O–H groups in total. The molecule has 0 fully saturated rings. The Balaban J connectivity index is 0.000000320. The summed E-state index contributed by atoms with van der Waals surface area (Å²) in [7, 11) is 0. The predicted octanol–water partition coefficient (Wildman–Crippen LogP) is 2.90. The molecule has 0 aromatic heterocycles. The van der Waals surface area contributed by atoms with Gasteiger partial charge < -0.3 is 29.5 Å². The minimum atomic E-state index is -1.43. The number of ether oxygens (including phenoxy) is 3. The number of aryl methyl sites for hydroxylation is 2. The third-order valence-electron chi connectivity index (χ3n) is 3.53. The maximum atomic E-state index is 10.7. The summed E-state index contributed by atoms with van der Waals surface area (Å²) in [4.78, 5) is 41.7. The second-order valence-electron chi connectivity index (χ2n) is 5.91. The third-order valence-corrected chi connectivity index (χ3v) is 3.53. The molecule has 0 amide bonds. The maximum absolute atomic E-state index is 10.7. The quantitative estimate of drug-likeness (QED) is 0.298. The summed E-state index contributed by atoms with van der Waals surface area (Å²) in [6.07, 6.45) is 1.25. The molecule has 2 rings (SSSR count). The van der Waals surface area contributed by atoms with E-state index in [4.69, 9.17) is 24.8 Å². The van der Waals surface area contributed by atoms with Crippen LogP contribution in [-0.2, 0) is 23.9 Å². The molecule has 2 aromatic carbocycles. The third kappa shape index (κ3) is 8.82. The van der Waals surface area contributed by atoms with Crippen molar-refractivity contribution >= 4 is 24.4 Å². The first kappa shape index (κ1) is 25.4. The summed E-state index contributed by atoms with van der Waals surface area (Å²) in [5.41, 5.74) is 1.50. The van der Waals surface area contributed by atoms with Gasteiger partial charge in [-0.1, -0.05) is 36.4 Å². The normalized spacial score (nSPS) is 10.8. The van der Waals surface area contributed by atoms with Crippen molar-refractivity contribution in [3.05, 3.63) is 83.5 Å². The molecule has 0 radical (unpaired) electrons. The van der Waals surface area contributed by atoms with E-state index in [9.17, 15) is 19.2 Å². The fourth-order valence-corrected chi connectivity index (χ4v) is 2.03. The number of carboxylic acids is 3. The molecule has 0 aliphatic carbocycles. The number of hydrogen-bond donors (Lipinski definition) is 3. The number of carbonyl (C=O) groups is 4. The molecule has 168 valence electrons. The smallest absolute Gasteiger partial charge is 0.375 e. The Bertz CT molecular complexity index is 1040. The Morgan fingerprint density at radius 3 is 1.56 bits per heavy atom. The molecule has 0 spiro atoms. The highest BCUT2D eigenvalue weighted by atomic mass is 16.5. The van der Waals surface area contributed by atoms with Gasteiger partial charge in [-0.05, 0) is 37.1 Å². The van der Waals surface area contributed by atoms with Crippen molar-refractivity contribution in [3.8, 4) is 11.5 Å². The number of para-hydroxylation sites is 2. The summed E-state index contributed by atoms with van der Waals surface area (Å²) in [6.45, 7) is 3.62. The van der Waals surface area contributed by atoms with E-state index in [1.807, 2.05) is 0 Å². The lowest BCUT2D eigenvalue weighted by atomic mass is 10.2. The number of benzene rings is 2. The first-order chi connectivity index (χ1) is 15.1. The predicted molar refractivity (Wildman–Crippen MR) is 110 cm³/mol. The molecule has 0 atom stereocenters. The lowest BCUT2D eigenvalue weighted by molar-refractivity contribution is -0.137. The highest BCUT2D eigenvalue weighted by molar-refractivity contribution is 5.93. The summed E-state index contributed by atoms with van der Waals surface area (Å²) < 4.78 is 14.3. The first-order valence-electron chi connectivity index (χ1n) is 8.83. The summed E-state index contributed by atoms with van der Waals surface area (Å²) >= 11 is 0. The van der Waals surface area contributed by atoms with Crippen LogP contribution in [0.1, 0.15) is 11.1 Å². The van der Waals surface area contributed by atoms with Crippen molar-refractivity contribution in [1.82, 2.24) is 0 Å². The van der Waals surface area contributed by atoms with E-state index in [2.05, 4.69) is 4.74 Å². The van der Waals surface area contributed by atoms with Crippen LogP contribution in [0.2, 0.25) is 0 Å². The molecule has 0 aliphatic heterocycles. The standard InChI is InChI=1S/2C11H10O5/c1-8-4-2-3-5-9(8)16-10(11(13)14)6-15-7-12;1-7-4-2-3-5-8(7)16-9(11(14)15)6-10(12)13/h2-7H,1H3,(H,13,14);2-6H,1H3,(H,12,13)(H,14,15)/b10-6-;9-6+. The monoisotopic (exact) mass is 444 g/mol. The zero-order chi connectivity index (χ0) is 24.1. The van der Waals surface area contributed by atoms with Crippen LogP contribution in [0.4, 0.5) is 0 Å². The molecule has 32 heavy (non-hydrogen) atoms. The van der Waals surface area contributed by atoms with Gasteiger partial charge in [0.1, 0.15) is 17.8 Å². The topological polar surface area (TPSA) is 157 Å². The highest BCUT2D eigenvalue weighted by Crippen LogP contribution is 2.20. The number of carbonyl (C=O) groups excluding carboxylic acids is 1. The van der Waals surface area contributed by atoms with E-state index in [-0.39, 0.29) is 6.47 Å². The van der Waals surface area contributed by atoms with Crippen molar-refractivity contribution in [1.29, 1.82) is 0 Å². The second-order valence-corrected chi connectivity index (χ2v) is 5.91. The van der Waals surface area contributed by atoms with Gasteiger partial charge in [0.05, 0.1) is 6.08 Å². The van der Waals surface area contributed by atoms with E-state index >= 15 is 0 Å². The largest absolute Gasteiger partial charge is 0.478 e. The van der Waals surface area contributed by atoms with Crippen molar-refractivity contribution in [3.63, 3.8) is 0 Å². The van der Waals surface area contributed by atoms with Gasteiger partial charge in [0.15, 0.2) is 0 Å². The summed E-state index contributed by atoms with van der Waals surface area (Å²) in [5, 5.41) is 25.9. The van der Waals surface area contributed by atoms with Crippen molar-refractivity contribution in [2.24, 2.45) is 0 Å². The van der Waals surface area contributed by atoms with Crippen molar-refractivity contribution in [2.75, 3.05) is 0 Å². The molecule has 10 nitrogen and oxygen atoms in total. The van der Waals surface area contributed by atoms with Gasteiger partial charge in [-0.15, -0.1) is 0 Å². The van der Waals surface area contributed by atoms with Crippen LogP contribution in [0, 0.1) is 13.8 Å². The molecule has 0 saturated heterocycles. The van der Waals surface area contributed by atoms with Gasteiger partial charge in [-0.25, -0.2) is 14.4 Å². The number of hydrogen-bond acceptors (Lipinski definition) is 7. The zero-order valence-corrected chi connectivity index (χ0v) is 17.1. The van der Waals surface area contributed by atoms with Crippen LogP contribution >= 0.6 is 0 Å². The number of carboxylic acid groups (broad SMARTS) is 3. The van der Waals surface area contributed by atoms with E-state index < -0.39 is 29.4 Å². The van der Waals surface area contributed by atoms with E-state index in [1.54, 1.807) is 62.4 Å².